The van der Waals surface area contributed by atoms with E-state index in [2.05, 4.69) is 7.05 Å². The molecule has 0 atom stereocenters. The monoisotopic (exact) mass is 416 g/mol. The van der Waals surface area contributed by atoms with Gasteiger partial charge >= 0.3 is 0 Å². The molecule has 1 saturated heterocycles. The Labute approximate surface area is 180 Å². The molecule has 3 aromatic heterocycles. The molecule has 0 bridgehead atoms. The summed E-state index contributed by atoms with van der Waals surface area (Å²) in [6, 6.07) is 15.5. The number of likely N-dealkylation sites (N-methyl/N-ethyl adjacent to an activating group) is 1. The van der Waals surface area contributed by atoms with Crippen LogP contribution in [-0.4, -0.2) is 58.0 Å². The van der Waals surface area contributed by atoms with Gasteiger partial charge in [0, 0.05) is 12.7 Å². The fourth-order valence-corrected chi connectivity index (χ4v) is 4.26. The molecular formula is C24H26N5O2+. The van der Waals surface area contributed by atoms with Crippen molar-refractivity contribution in [2.45, 2.75) is 13.5 Å². The van der Waals surface area contributed by atoms with Crippen molar-refractivity contribution >= 4 is 22.6 Å². The van der Waals surface area contributed by atoms with Crippen LogP contribution in [0.25, 0.3) is 16.7 Å². The molecule has 0 saturated carbocycles. The lowest BCUT2D eigenvalue weighted by Crippen LogP contribution is -3.12. The molecule has 0 spiro atoms. The van der Waals surface area contributed by atoms with Gasteiger partial charge in [-0.3, -0.25) is 14.0 Å². The minimum atomic E-state index is -0.146. The van der Waals surface area contributed by atoms with Gasteiger partial charge in [0.2, 0.25) is 0 Å². The summed E-state index contributed by atoms with van der Waals surface area (Å²) >= 11 is 0. The number of hydrogen-bond acceptors (Lipinski definition) is 3. The normalized spacial score (nSPS) is 15.1. The van der Waals surface area contributed by atoms with Crippen molar-refractivity contribution in [2.75, 3.05) is 33.2 Å². The molecule has 7 nitrogen and oxygen atoms in total. The number of hydrogen-bond donors (Lipinski definition) is 1. The highest BCUT2D eigenvalue weighted by atomic mass is 16.2. The lowest BCUT2D eigenvalue weighted by molar-refractivity contribution is -0.883. The van der Waals surface area contributed by atoms with E-state index in [9.17, 15) is 9.59 Å². The Bertz CT molecular complexity index is 1330. The van der Waals surface area contributed by atoms with Crippen LogP contribution in [0.2, 0.25) is 0 Å². The van der Waals surface area contributed by atoms with Crippen LogP contribution in [0.5, 0.6) is 0 Å². The lowest BCUT2D eigenvalue weighted by Gasteiger charge is -2.30. The van der Waals surface area contributed by atoms with E-state index in [1.54, 1.807) is 16.7 Å². The summed E-state index contributed by atoms with van der Waals surface area (Å²) in [5.41, 5.74) is 3.56. The first-order valence-corrected chi connectivity index (χ1v) is 10.7. The molecular weight excluding hydrogens is 390 g/mol. The quantitative estimate of drug-likeness (QED) is 0.542. The highest BCUT2D eigenvalue weighted by Gasteiger charge is 2.27. The number of pyridine rings is 1. The lowest BCUT2D eigenvalue weighted by atomic mass is 10.2. The van der Waals surface area contributed by atoms with E-state index in [4.69, 9.17) is 4.98 Å². The molecule has 0 radical (unpaired) electrons. The molecule has 0 unspecified atom stereocenters. The number of carbonyl (C=O) groups is 1. The number of nitrogens with one attached hydrogen (secondary N) is 1. The van der Waals surface area contributed by atoms with Crippen molar-refractivity contribution in [2.24, 2.45) is 0 Å². The smallest absolute Gasteiger partial charge is 0.270 e. The Kier molecular flexibility index (Phi) is 4.82. The fraction of sp³-hybridized carbons (Fsp3) is 0.292. The highest BCUT2D eigenvalue weighted by molar-refractivity contribution is 5.98. The average molecular weight is 417 g/mol. The zero-order valence-corrected chi connectivity index (χ0v) is 17.8. The third-order valence-electron chi connectivity index (χ3n) is 6.12. The number of amides is 1. The molecule has 4 aromatic rings. The summed E-state index contributed by atoms with van der Waals surface area (Å²) in [5.74, 6) is -0.0360. The predicted molar refractivity (Wildman–Crippen MR) is 120 cm³/mol. The molecule has 1 amide bonds. The molecule has 0 aliphatic carbocycles. The molecule has 1 aromatic carbocycles. The van der Waals surface area contributed by atoms with Gasteiger partial charge in [-0.25, -0.2) is 4.98 Å². The molecule has 7 heteroatoms. The van der Waals surface area contributed by atoms with Gasteiger partial charge in [0.05, 0.1) is 38.6 Å². The predicted octanol–water partition coefficient (Wildman–Crippen LogP) is 0.976. The topological polar surface area (TPSA) is 64.0 Å². The summed E-state index contributed by atoms with van der Waals surface area (Å²) in [7, 11) is 2.15. The van der Waals surface area contributed by atoms with Crippen LogP contribution in [0.15, 0.2) is 59.5 Å². The van der Waals surface area contributed by atoms with Gasteiger partial charge in [-0.2, -0.15) is 0 Å². The molecule has 4 heterocycles. The fourth-order valence-electron chi connectivity index (χ4n) is 4.26. The first kappa shape index (κ1) is 19.5. The van der Waals surface area contributed by atoms with Crippen molar-refractivity contribution in [1.29, 1.82) is 0 Å². The first-order valence-electron chi connectivity index (χ1n) is 10.7. The first-order chi connectivity index (χ1) is 15.0. The number of aromatic nitrogens is 3. The van der Waals surface area contributed by atoms with Gasteiger partial charge in [-0.1, -0.05) is 36.4 Å². The number of aryl methyl sites for hydroxylation is 1. The van der Waals surface area contributed by atoms with Gasteiger partial charge in [0.1, 0.15) is 17.0 Å². The average Bonchev–Trinajstić information content (AvgIpc) is 3.13. The number of carbonyl (C=O) groups excluding carboxylic acids is 1. The van der Waals surface area contributed by atoms with E-state index < -0.39 is 0 Å². The minimum absolute atomic E-state index is 0.0360. The van der Waals surface area contributed by atoms with E-state index >= 15 is 0 Å². The maximum atomic E-state index is 13.5. The van der Waals surface area contributed by atoms with Gasteiger partial charge in [-0.15, -0.1) is 0 Å². The summed E-state index contributed by atoms with van der Waals surface area (Å²) in [5, 5.41) is 0.474. The van der Waals surface area contributed by atoms with Crippen LogP contribution in [0, 0.1) is 6.92 Å². The van der Waals surface area contributed by atoms with Crippen molar-refractivity contribution in [3.63, 3.8) is 0 Å². The second-order valence-corrected chi connectivity index (χ2v) is 8.44. The zero-order valence-electron chi connectivity index (χ0n) is 17.8. The molecule has 1 aliphatic heterocycles. The van der Waals surface area contributed by atoms with Crippen LogP contribution in [0.1, 0.15) is 21.6 Å². The van der Waals surface area contributed by atoms with Gasteiger partial charge in [-0.05, 0) is 30.2 Å². The molecule has 31 heavy (non-hydrogen) atoms. The zero-order chi connectivity index (χ0) is 21.5. The van der Waals surface area contributed by atoms with Gasteiger partial charge < -0.3 is 14.4 Å². The Balaban J connectivity index is 1.70. The minimum Gasteiger partial charge on any atom is -0.334 e. The number of piperazine rings is 1. The second-order valence-electron chi connectivity index (χ2n) is 8.44. The maximum Gasteiger partial charge on any atom is 0.270 e. The largest absolute Gasteiger partial charge is 0.334 e. The molecule has 5 rings (SSSR count). The standard InChI is InChI=1S/C24H25N5O2/c1-17-8-9-21-25-22-19(23(30)29(21)15-17)14-20(24(31)27-12-10-26(2)11-13-27)28(22)16-18-6-4-3-5-7-18/h3-9,14-15H,10-13,16H2,1-2H3/p+1. The van der Waals surface area contributed by atoms with Crippen molar-refractivity contribution < 1.29 is 9.69 Å². The van der Waals surface area contributed by atoms with E-state index in [-0.39, 0.29) is 11.5 Å². The van der Waals surface area contributed by atoms with Gasteiger partial charge in [0.15, 0.2) is 0 Å². The van der Waals surface area contributed by atoms with E-state index in [1.807, 2.05) is 58.9 Å². The Hall–Kier alpha value is -3.45. The highest BCUT2D eigenvalue weighted by Crippen LogP contribution is 2.20. The van der Waals surface area contributed by atoms with Crippen molar-refractivity contribution in [1.82, 2.24) is 18.9 Å². The number of quaternary nitrogens is 1. The second kappa shape index (κ2) is 7.67. The Morgan fingerprint density at radius 1 is 1.10 bits per heavy atom. The maximum absolute atomic E-state index is 13.5. The molecule has 158 valence electrons. The Morgan fingerprint density at radius 3 is 2.58 bits per heavy atom. The van der Waals surface area contributed by atoms with Crippen LogP contribution < -0.4 is 10.5 Å². The molecule has 1 aliphatic rings. The summed E-state index contributed by atoms with van der Waals surface area (Å²) in [6.45, 7) is 5.71. The SMILES string of the molecule is Cc1ccc2nc3c(cc(C(=O)N4CC[NH+](C)CC4)n3Cc3ccccc3)c(=O)n2c1. The number of rotatable bonds is 3. The number of benzene rings is 1. The third-order valence-corrected chi connectivity index (χ3v) is 6.12. The third kappa shape index (κ3) is 3.51. The summed E-state index contributed by atoms with van der Waals surface area (Å²) < 4.78 is 3.47. The van der Waals surface area contributed by atoms with Crippen LogP contribution in [0.4, 0.5) is 0 Å². The van der Waals surface area contributed by atoms with E-state index in [0.29, 0.717) is 42.0 Å². The van der Waals surface area contributed by atoms with E-state index in [0.717, 1.165) is 24.2 Å². The van der Waals surface area contributed by atoms with Crippen LogP contribution in [-0.2, 0) is 6.54 Å². The van der Waals surface area contributed by atoms with E-state index in [1.165, 1.54) is 4.90 Å². The molecule has 1 fully saturated rings. The van der Waals surface area contributed by atoms with Crippen molar-refractivity contribution in [3.8, 4) is 0 Å². The summed E-state index contributed by atoms with van der Waals surface area (Å²) in [4.78, 5) is 34.9. The van der Waals surface area contributed by atoms with Crippen molar-refractivity contribution in [3.05, 3.63) is 81.9 Å². The van der Waals surface area contributed by atoms with Gasteiger partial charge in [0.25, 0.3) is 11.5 Å². The van der Waals surface area contributed by atoms with Crippen LogP contribution >= 0.6 is 0 Å². The van der Waals surface area contributed by atoms with Crippen LogP contribution in [0.3, 0.4) is 0 Å². The Morgan fingerprint density at radius 2 is 1.84 bits per heavy atom. The molecule has 1 N–H and O–H groups in total. The number of fused-ring (bicyclic) bond motifs is 2. The summed E-state index contributed by atoms with van der Waals surface area (Å²) in [6.07, 6.45) is 1.80. The number of nitrogens with zero attached hydrogens (tertiary/aromatic N) is 4.